The average Bonchev–Trinajstić information content (AvgIpc) is 3.34. The SMILES string of the molecule is Cc1ccc(-c2nn(-c3ccccc3)cc2/C=N\NCc2c(Cl)cccc2Cl)o1. The number of nitrogens with one attached hydrogen (secondary N) is 1. The fourth-order valence-electron chi connectivity index (χ4n) is 2.89. The molecular weight excluding hydrogens is 407 g/mol. The summed E-state index contributed by atoms with van der Waals surface area (Å²) < 4.78 is 7.58. The minimum absolute atomic E-state index is 0.414. The van der Waals surface area contributed by atoms with Crippen LogP contribution < -0.4 is 5.43 Å². The lowest BCUT2D eigenvalue weighted by Crippen LogP contribution is -2.06. The van der Waals surface area contributed by atoms with Crippen molar-refractivity contribution >= 4 is 29.4 Å². The summed E-state index contributed by atoms with van der Waals surface area (Å²) in [7, 11) is 0. The monoisotopic (exact) mass is 424 g/mol. The highest BCUT2D eigenvalue weighted by Crippen LogP contribution is 2.25. The lowest BCUT2D eigenvalue weighted by Gasteiger charge is -2.05. The molecule has 2 aromatic carbocycles. The molecule has 4 rings (SSSR count). The normalized spacial score (nSPS) is 11.3. The van der Waals surface area contributed by atoms with E-state index in [4.69, 9.17) is 32.7 Å². The third-order valence-corrected chi connectivity index (χ3v) is 5.06. The van der Waals surface area contributed by atoms with Crippen molar-refractivity contribution in [3.63, 3.8) is 0 Å². The summed E-state index contributed by atoms with van der Waals surface area (Å²) in [5, 5.41) is 10.2. The van der Waals surface area contributed by atoms with Gasteiger partial charge in [0.2, 0.25) is 0 Å². The predicted molar refractivity (Wildman–Crippen MR) is 117 cm³/mol. The maximum Gasteiger partial charge on any atom is 0.155 e. The number of hydrazone groups is 1. The van der Waals surface area contributed by atoms with E-state index in [2.05, 4.69) is 10.5 Å². The number of aromatic nitrogens is 2. The van der Waals surface area contributed by atoms with Crippen LogP contribution in [0.5, 0.6) is 0 Å². The Kier molecular flexibility index (Phi) is 5.69. The Morgan fingerprint density at radius 3 is 2.48 bits per heavy atom. The van der Waals surface area contributed by atoms with Crippen LogP contribution in [0.3, 0.4) is 0 Å². The largest absolute Gasteiger partial charge is 0.460 e. The van der Waals surface area contributed by atoms with E-state index in [0.29, 0.717) is 28.0 Å². The number of rotatable bonds is 6. The van der Waals surface area contributed by atoms with Gasteiger partial charge in [0.05, 0.1) is 18.4 Å². The van der Waals surface area contributed by atoms with Crippen molar-refractivity contribution in [3.05, 3.63) is 93.8 Å². The molecule has 0 aliphatic rings. The highest BCUT2D eigenvalue weighted by atomic mass is 35.5. The van der Waals surface area contributed by atoms with Crippen molar-refractivity contribution < 1.29 is 4.42 Å². The first-order valence-electron chi connectivity index (χ1n) is 9.02. The molecule has 1 N–H and O–H groups in total. The van der Waals surface area contributed by atoms with Gasteiger partial charge in [0.1, 0.15) is 11.5 Å². The Balaban J connectivity index is 1.60. The van der Waals surface area contributed by atoms with Crippen molar-refractivity contribution in [2.45, 2.75) is 13.5 Å². The topological polar surface area (TPSA) is 55.4 Å². The van der Waals surface area contributed by atoms with E-state index < -0.39 is 0 Å². The molecule has 0 bridgehead atoms. The molecule has 2 aromatic heterocycles. The minimum atomic E-state index is 0.414. The summed E-state index contributed by atoms with van der Waals surface area (Å²) >= 11 is 12.4. The lowest BCUT2D eigenvalue weighted by atomic mass is 10.2. The average molecular weight is 425 g/mol. The number of nitrogens with zero attached hydrogens (tertiary/aromatic N) is 3. The fraction of sp³-hybridized carbons (Fsp3) is 0.0909. The van der Waals surface area contributed by atoms with Gasteiger partial charge < -0.3 is 9.84 Å². The first-order chi connectivity index (χ1) is 14.1. The Morgan fingerprint density at radius 1 is 1.03 bits per heavy atom. The van der Waals surface area contributed by atoms with Gasteiger partial charge in [0.15, 0.2) is 5.76 Å². The summed E-state index contributed by atoms with van der Waals surface area (Å²) in [6.45, 7) is 2.32. The predicted octanol–water partition coefficient (Wildman–Crippen LogP) is 5.87. The molecule has 0 unspecified atom stereocenters. The molecule has 0 amide bonds. The van der Waals surface area contributed by atoms with E-state index in [0.717, 1.165) is 22.6 Å². The van der Waals surface area contributed by atoms with Gasteiger partial charge >= 0.3 is 0 Å². The van der Waals surface area contributed by atoms with Crippen molar-refractivity contribution in [1.29, 1.82) is 0 Å². The van der Waals surface area contributed by atoms with Gasteiger partial charge in [0.25, 0.3) is 0 Å². The van der Waals surface area contributed by atoms with Gasteiger partial charge in [-0.2, -0.15) is 10.2 Å². The molecule has 7 heteroatoms. The van der Waals surface area contributed by atoms with Crippen LogP contribution in [-0.2, 0) is 6.54 Å². The summed E-state index contributed by atoms with van der Waals surface area (Å²) in [5.74, 6) is 1.51. The molecule has 4 aromatic rings. The van der Waals surface area contributed by atoms with Crippen LogP contribution in [0.25, 0.3) is 17.1 Å². The molecule has 0 aliphatic carbocycles. The van der Waals surface area contributed by atoms with Crippen LogP contribution in [0, 0.1) is 6.92 Å². The van der Waals surface area contributed by atoms with Crippen LogP contribution in [0.15, 0.2) is 76.4 Å². The van der Waals surface area contributed by atoms with E-state index >= 15 is 0 Å². The van der Waals surface area contributed by atoms with E-state index in [1.165, 1.54) is 0 Å². The molecule has 0 fully saturated rings. The lowest BCUT2D eigenvalue weighted by molar-refractivity contribution is 0.545. The number of furan rings is 1. The van der Waals surface area contributed by atoms with E-state index in [-0.39, 0.29) is 0 Å². The second-order valence-corrected chi connectivity index (χ2v) is 7.23. The first kappa shape index (κ1) is 19.3. The fourth-order valence-corrected chi connectivity index (χ4v) is 3.42. The molecule has 0 spiro atoms. The number of halogens is 2. The van der Waals surface area contributed by atoms with E-state index in [9.17, 15) is 0 Å². The van der Waals surface area contributed by atoms with E-state index in [1.807, 2.05) is 61.7 Å². The van der Waals surface area contributed by atoms with Gasteiger partial charge in [-0.3, -0.25) is 0 Å². The van der Waals surface area contributed by atoms with Crippen LogP contribution in [-0.4, -0.2) is 16.0 Å². The molecule has 29 heavy (non-hydrogen) atoms. The summed E-state index contributed by atoms with van der Waals surface area (Å²) in [4.78, 5) is 0. The zero-order valence-electron chi connectivity index (χ0n) is 15.6. The molecule has 5 nitrogen and oxygen atoms in total. The first-order valence-corrected chi connectivity index (χ1v) is 9.78. The Labute approximate surface area is 178 Å². The molecule has 0 radical (unpaired) electrons. The number of benzene rings is 2. The quantitative estimate of drug-likeness (QED) is 0.311. The van der Waals surface area contributed by atoms with Crippen LogP contribution in [0.4, 0.5) is 0 Å². The number of aryl methyl sites for hydroxylation is 1. The molecule has 146 valence electrons. The number of hydrogen-bond donors (Lipinski definition) is 1. The maximum atomic E-state index is 6.20. The highest BCUT2D eigenvalue weighted by Gasteiger charge is 2.14. The Hall–Kier alpha value is -3.02. The zero-order chi connectivity index (χ0) is 20.2. The van der Waals surface area contributed by atoms with E-state index in [1.54, 1.807) is 23.0 Å². The molecule has 0 atom stereocenters. The van der Waals surface area contributed by atoms with Crippen LogP contribution in [0.1, 0.15) is 16.9 Å². The van der Waals surface area contributed by atoms with Gasteiger partial charge in [-0.15, -0.1) is 0 Å². The molecule has 2 heterocycles. The summed E-state index contributed by atoms with van der Waals surface area (Å²) in [5.41, 5.74) is 6.28. The smallest absolute Gasteiger partial charge is 0.155 e. The van der Waals surface area contributed by atoms with Crippen molar-refractivity contribution in [2.24, 2.45) is 5.10 Å². The second kappa shape index (κ2) is 8.55. The van der Waals surface area contributed by atoms with Crippen LogP contribution >= 0.6 is 23.2 Å². The molecular formula is C22H18Cl2N4O. The third-order valence-electron chi connectivity index (χ3n) is 4.35. The van der Waals surface area contributed by atoms with Gasteiger partial charge in [0, 0.05) is 27.4 Å². The van der Waals surface area contributed by atoms with Gasteiger partial charge in [-0.25, -0.2) is 4.68 Å². The maximum absolute atomic E-state index is 6.20. The van der Waals surface area contributed by atoms with Crippen LogP contribution in [0.2, 0.25) is 10.0 Å². The third kappa shape index (κ3) is 4.36. The molecule has 0 saturated heterocycles. The van der Waals surface area contributed by atoms with Gasteiger partial charge in [-0.05, 0) is 43.3 Å². The van der Waals surface area contributed by atoms with Crippen molar-refractivity contribution in [2.75, 3.05) is 0 Å². The number of hydrogen-bond acceptors (Lipinski definition) is 4. The molecule has 0 saturated carbocycles. The Morgan fingerprint density at radius 2 is 1.79 bits per heavy atom. The Bertz CT molecular complexity index is 1130. The highest BCUT2D eigenvalue weighted by molar-refractivity contribution is 6.35. The zero-order valence-corrected chi connectivity index (χ0v) is 17.2. The molecule has 0 aliphatic heterocycles. The second-order valence-electron chi connectivity index (χ2n) is 6.42. The standard InChI is InChI=1S/C22H18Cl2N4O/c1-15-10-11-21(29-15)22-16(14-28(27-22)17-6-3-2-4-7-17)12-25-26-13-18-19(23)8-5-9-20(18)24/h2-12,14,26H,13H2,1H3/b25-12-. The summed E-state index contributed by atoms with van der Waals surface area (Å²) in [6.07, 6.45) is 3.63. The van der Waals surface area contributed by atoms with Crippen molar-refractivity contribution in [3.8, 4) is 17.1 Å². The number of para-hydroxylation sites is 1. The van der Waals surface area contributed by atoms with Crippen molar-refractivity contribution in [1.82, 2.24) is 15.2 Å². The van der Waals surface area contributed by atoms with Gasteiger partial charge in [-0.1, -0.05) is 47.5 Å². The summed E-state index contributed by atoms with van der Waals surface area (Å²) in [6, 6.07) is 19.1. The minimum Gasteiger partial charge on any atom is -0.460 e.